The number of carboxylic acid groups (broad SMARTS) is 1. The van der Waals surface area contributed by atoms with E-state index in [-0.39, 0.29) is 18.4 Å². The van der Waals surface area contributed by atoms with Gasteiger partial charge in [0.2, 0.25) is 5.91 Å². The lowest BCUT2D eigenvalue weighted by molar-refractivity contribution is -0.137. The summed E-state index contributed by atoms with van der Waals surface area (Å²) in [4.78, 5) is 21.9. The molecule has 16 heavy (non-hydrogen) atoms. The second kappa shape index (κ2) is 7.22. The molecule has 4 N–H and O–H groups in total. The Hall–Kier alpha value is -1.10. The molecule has 0 fully saturated rings. The molecule has 1 amide bonds. The average Bonchev–Trinajstić information content (AvgIpc) is 2.13. The number of nitrogens with one attached hydrogen (secondary N) is 1. The molecule has 0 aliphatic heterocycles. The molecule has 0 radical (unpaired) electrons. The van der Waals surface area contributed by atoms with Crippen molar-refractivity contribution < 1.29 is 14.7 Å². The molecule has 5 heteroatoms. The molecule has 0 saturated carbocycles. The van der Waals surface area contributed by atoms with Gasteiger partial charge in [-0.15, -0.1) is 0 Å². The lowest BCUT2D eigenvalue weighted by Crippen LogP contribution is -2.45. The van der Waals surface area contributed by atoms with Crippen LogP contribution in [0.15, 0.2) is 0 Å². The number of nitrogens with two attached hydrogens (primary N) is 1. The molecule has 5 nitrogen and oxygen atoms in total. The highest BCUT2D eigenvalue weighted by molar-refractivity contribution is 5.81. The van der Waals surface area contributed by atoms with Gasteiger partial charge in [0, 0.05) is 12.5 Å². The van der Waals surface area contributed by atoms with Crippen molar-refractivity contribution in [3.63, 3.8) is 0 Å². The Labute approximate surface area is 96.4 Å². The fraction of sp³-hybridized carbons (Fsp3) is 0.818. The maximum absolute atomic E-state index is 11.6. The second-order valence-corrected chi connectivity index (χ2v) is 4.58. The third-order valence-corrected chi connectivity index (χ3v) is 2.24. The minimum absolute atomic E-state index is 0.0564. The Bertz CT molecular complexity index is 241. The maximum atomic E-state index is 11.6. The number of amides is 1. The summed E-state index contributed by atoms with van der Waals surface area (Å²) in [7, 11) is 0. The van der Waals surface area contributed by atoms with E-state index in [1.165, 1.54) is 0 Å². The quantitative estimate of drug-likeness (QED) is 0.601. The summed E-state index contributed by atoms with van der Waals surface area (Å²) in [6, 6.07) is -0.658. The standard InChI is InChI=1S/C11H22N2O3/c1-7(2)6-9(12)11(16)13-8(3)4-5-10(14)15/h7-9H,4-6,12H2,1-3H3,(H,13,16)(H,14,15)/t8?,9-/m0/s1. The number of rotatable bonds is 7. The molecule has 0 aromatic carbocycles. The highest BCUT2D eigenvalue weighted by Gasteiger charge is 2.17. The number of carbonyl (C=O) groups is 2. The van der Waals surface area contributed by atoms with Crippen molar-refractivity contribution in [2.75, 3.05) is 0 Å². The van der Waals surface area contributed by atoms with Crippen molar-refractivity contribution in [1.82, 2.24) is 5.32 Å². The molecule has 94 valence electrons. The lowest BCUT2D eigenvalue weighted by atomic mass is 10.0. The summed E-state index contributed by atoms with van der Waals surface area (Å²) < 4.78 is 0. The van der Waals surface area contributed by atoms with E-state index in [1.54, 1.807) is 6.92 Å². The monoisotopic (exact) mass is 230 g/mol. The van der Waals surface area contributed by atoms with Crippen LogP contribution in [0.25, 0.3) is 0 Å². The van der Waals surface area contributed by atoms with Gasteiger partial charge in [0.15, 0.2) is 0 Å². The number of hydrogen-bond acceptors (Lipinski definition) is 3. The average molecular weight is 230 g/mol. The van der Waals surface area contributed by atoms with Crippen molar-refractivity contribution in [1.29, 1.82) is 0 Å². The van der Waals surface area contributed by atoms with Gasteiger partial charge in [0.25, 0.3) is 0 Å². The zero-order valence-corrected chi connectivity index (χ0v) is 10.2. The van der Waals surface area contributed by atoms with Crippen LogP contribution in [0.3, 0.4) is 0 Å². The highest BCUT2D eigenvalue weighted by atomic mass is 16.4. The number of aliphatic carboxylic acids is 1. The molecule has 1 unspecified atom stereocenters. The smallest absolute Gasteiger partial charge is 0.303 e. The zero-order chi connectivity index (χ0) is 12.7. The molecule has 0 spiro atoms. The Kier molecular flexibility index (Phi) is 6.72. The van der Waals surface area contributed by atoms with Crippen LogP contribution in [0, 0.1) is 5.92 Å². The van der Waals surface area contributed by atoms with E-state index in [2.05, 4.69) is 5.32 Å². The first kappa shape index (κ1) is 14.9. The van der Waals surface area contributed by atoms with Crippen LogP contribution in [0.1, 0.15) is 40.0 Å². The van der Waals surface area contributed by atoms with E-state index >= 15 is 0 Å². The van der Waals surface area contributed by atoms with Crippen molar-refractivity contribution >= 4 is 11.9 Å². The van der Waals surface area contributed by atoms with Crippen LogP contribution in [-0.4, -0.2) is 29.1 Å². The van der Waals surface area contributed by atoms with Crippen LogP contribution < -0.4 is 11.1 Å². The van der Waals surface area contributed by atoms with Crippen molar-refractivity contribution in [3.8, 4) is 0 Å². The van der Waals surface area contributed by atoms with E-state index in [0.717, 1.165) is 0 Å². The van der Waals surface area contributed by atoms with Gasteiger partial charge in [-0.25, -0.2) is 0 Å². The Balaban J connectivity index is 3.89. The molecule has 0 aromatic heterocycles. The third kappa shape index (κ3) is 7.23. The molecule has 0 saturated heterocycles. The SMILES string of the molecule is CC(C)C[C@H](N)C(=O)NC(C)CCC(=O)O. The van der Waals surface area contributed by atoms with Gasteiger partial charge in [0.05, 0.1) is 6.04 Å². The molecular weight excluding hydrogens is 208 g/mol. The predicted molar refractivity (Wildman–Crippen MR) is 61.9 cm³/mol. The summed E-state index contributed by atoms with van der Waals surface area (Å²) in [5, 5.41) is 11.2. The molecule has 0 heterocycles. The summed E-state index contributed by atoms with van der Waals surface area (Å²) >= 11 is 0. The molecule has 0 aromatic rings. The minimum Gasteiger partial charge on any atom is -0.481 e. The van der Waals surface area contributed by atoms with Crippen LogP contribution in [0.5, 0.6) is 0 Å². The summed E-state index contributed by atoms with van der Waals surface area (Å²) in [6.07, 6.45) is 1.12. The zero-order valence-electron chi connectivity index (χ0n) is 10.2. The molecule has 0 bridgehead atoms. The Morgan fingerprint density at radius 3 is 2.31 bits per heavy atom. The highest BCUT2D eigenvalue weighted by Crippen LogP contribution is 2.03. The Morgan fingerprint density at radius 2 is 1.88 bits per heavy atom. The Morgan fingerprint density at radius 1 is 1.31 bits per heavy atom. The van der Waals surface area contributed by atoms with E-state index in [4.69, 9.17) is 10.8 Å². The van der Waals surface area contributed by atoms with E-state index in [0.29, 0.717) is 18.8 Å². The van der Waals surface area contributed by atoms with Gasteiger partial charge in [-0.05, 0) is 25.7 Å². The van der Waals surface area contributed by atoms with Gasteiger partial charge in [-0.2, -0.15) is 0 Å². The van der Waals surface area contributed by atoms with Crippen molar-refractivity contribution in [2.24, 2.45) is 11.7 Å². The van der Waals surface area contributed by atoms with Gasteiger partial charge in [0.1, 0.15) is 0 Å². The first-order valence-corrected chi connectivity index (χ1v) is 5.60. The summed E-state index contributed by atoms with van der Waals surface area (Å²) in [5.74, 6) is -0.686. The van der Waals surface area contributed by atoms with Crippen molar-refractivity contribution in [2.45, 2.75) is 52.1 Å². The molecule has 0 aliphatic carbocycles. The van der Waals surface area contributed by atoms with Gasteiger partial charge in [-0.1, -0.05) is 13.8 Å². The van der Waals surface area contributed by atoms with Crippen LogP contribution >= 0.6 is 0 Å². The topological polar surface area (TPSA) is 92.4 Å². The predicted octanol–water partition coefficient (Wildman–Crippen LogP) is 0.729. The van der Waals surface area contributed by atoms with Crippen LogP contribution in [0.4, 0.5) is 0 Å². The normalized spacial score (nSPS) is 14.6. The van der Waals surface area contributed by atoms with Crippen molar-refractivity contribution in [3.05, 3.63) is 0 Å². The van der Waals surface area contributed by atoms with Gasteiger partial charge in [-0.3, -0.25) is 9.59 Å². The summed E-state index contributed by atoms with van der Waals surface area (Å²) in [5.41, 5.74) is 5.69. The van der Waals surface area contributed by atoms with Gasteiger partial charge >= 0.3 is 5.97 Å². The third-order valence-electron chi connectivity index (χ3n) is 2.24. The number of hydrogen-bond donors (Lipinski definition) is 3. The second-order valence-electron chi connectivity index (χ2n) is 4.58. The summed E-state index contributed by atoms with van der Waals surface area (Å²) in [6.45, 7) is 5.78. The number of carboxylic acids is 1. The fourth-order valence-electron chi connectivity index (χ4n) is 1.38. The first-order chi connectivity index (χ1) is 7.32. The molecular formula is C11H22N2O3. The molecule has 0 aliphatic rings. The van der Waals surface area contributed by atoms with E-state index in [9.17, 15) is 9.59 Å². The minimum atomic E-state index is -0.854. The largest absolute Gasteiger partial charge is 0.481 e. The fourth-order valence-corrected chi connectivity index (χ4v) is 1.38. The molecule has 0 rings (SSSR count). The maximum Gasteiger partial charge on any atom is 0.303 e. The van der Waals surface area contributed by atoms with Crippen LogP contribution in [0.2, 0.25) is 0 Å². The van der Waals surface area contributed by atoms with E-state index in [1.807, 2.05) is 13.8 Å². The van der Waals surface area contributed by atoms with Crippen LogP contribution in [-0.2, 0) is 9.59 Å². The number of carbonyl (C=O) groups excluding carboxylic acids is 1. The lowest BCUT2D eigenvalue weighted by Gasteiger charge is -2.18. The first-order valence-electron chi connectivity index (χ1n) is 5.60. The van der Waals surface area contributed by atoms with E-state index < -0.39 is 12.0 Å². The molecule has 2 atom stereocenters. The van der Waals surface area contributed by atoms with Gasteiger partial charge < -0.3 is 16.2 Å².